The molecule has 0 atom stereocenters. The van der Waals surface area contributed by atoms with Crippen LogP contribution in [0.4, 0.5) is 0 Å². The third-order valence-electron chi connectivity index (χ3n) is 10.5. The van der Waals surface area contributed by atoms with Crippen molar-refractivity contribution >= 4 is 32.3 Å². The Kier molecular flexibility index (Phi) is 7.85. The van der Waals surface area contributed by atoms with Gasteiger partial charge in [0.25, 0.3) is 0 Å². The van der Waals surface area contributed by atoms with Gasteiger partial charge in [0, 0.05) is 23.5 Å². The van der Waals surface area contributed by atoms with Crippen molar-refractivity contribution in [2.24, 2.45) is 0 Å². The van der Waals surface area contributed by atoms with Gasteiger partial charge in [-0.25, -0.2) is 4.98 Å². The maximum Gasteiger partial charge on any atom is 0.0715 e. The first-order chi connectivity index (χ1) is 26.7. The topological polar surface area (TPSA) is 25.8 Å². The zero-order valence-corrected chi connectivity index (χ0v) is 29.5. The molecule has 0 unspecified atom stereocenters. The maximum absolute atomic E-state index is 5.20. The summed E-state index contributed by atoms with van der Waals surface area (Å²) < 4.78 is 0. The van der Waals surface area contributed by atoms with E-state index in [0.717, 1.165) is 39.2 Å². The van der Waals surface area contributed by atoms with E-state index >= 15 is 0 Å². The van der Waals surface area contributed by atoms with Crippen LogP contribution in [0.3, 0.4) is 0 Å². The third kappa shape index (κ3) is 5.90. The number of benzene rings is 8. The van der Waals surface area contributed by atoms with Crippen LogP contribution in [0.2, 0.25) is 0 Å². The molecule has 8 aromatic carbocycles. The summed E-state index contributed by atoms with van der Waals surface area (Å²) in [6.07, 6.45) is 3.70. The SMILES string of the molecule is c1ccc(-c2cc(-c3cc(-c4ccc5cc(-c6ccncc6)ccc5c4)cc(-c4cc5ccccc5c5ccccc45)c3)cc(-c3ccccc3)n2)cc1. The molecule has 0 aliphatic carbocycles. The highest BCUT2D eigenvalue weighted by Crippen LogP contribution is 2.41. The van der Waals surface area contributed by atoms with Crippen LogP contribution < -0.4 is 0 Å². The molecule has 0 amide bonds. The molecule has 0 saturated carbocycles. The van der Waals surface area contributed by atoms with Crippen LogP contribution in [-0.4, -0.2) is 9.97 Å². The first-order valence-electron chi connectivity index (χ1n) is 18.4. The number of hydrogen-bond donors (Lipinski definition) is 0. The molecule has 0 N–H and O–H groups in total. The molecule has 2 heteroatoms. The summed E-state index contributed by atoms with van der Waals surface area (Å²) in [4.78, 5) is 9.40. The van der Waals surface area contributed by atoms with Gasteiger partial charge in [-0.05, 0) is 137 Å². The Bertz CT molecular complexity index is 2910. The van der Waals surface area contributed by atoms with E-state index in [4.69, 9.17) is 4.98 Å². The molecule has 10 aromatic rings. The zero-order chi connectivity index (χ0) is 35.8. The lowest BCUT2D eigenvalue weighted by atomic mass is 9.88. The molecule has 0 bridgehead atoms. The number of rotatable bonds is 6. The van der Waals surface area contributed by atoms with E-state index in [9.17, 15) is 0 Å². The second-order valence-corrected chi connectivity index (χ2v) is 13.9. The van der Waals surface area contributed by atoms with Gasteiger partial charge in [0.15, 0.2) is 0 Å². The summed E-state index contributed by atoms with van der Waals surface area (Å²) in [6, 6.07) is 70.1. The largest absolute Gasteiger partial charge is 0.265 e. The van der Waals surface area contributed by atoms with Crippen molar-refractivity contribution in [1.82, 2.24) is 9.97 Å². The summed E-state index contributed by atoms with van der Waals surface area (Å²) >= 11 is 0. The van der Waals surface area contributed by atoms with Gasteiger partial charge in [-0.15, -0.1) is 0 Å². The molecular weight excluding hydrogens is 653 g/mol. The smallest absolute Gasteiger partial charge is 0.0715 e. The Morgan fingerprint density at radius 2 is 0.759 bits per heavy atom. The fraction of sp³-hybridized carbons (Fsp3) is 0. The molecule has 0 aliphatic rings. The quantitative estimate of drug-likeness (QED) is 0.163. The van der Waals surface area contributed by atoms with Crippen molar-refractivity contribution in [2.45, 2.75) is 0 Å². The predicted octanol–water partition coefficient (Wildman–Crippen LogP) is 13.9. The Morgan fingerprint density at radius 3 is 1.41 bits per heavy atom. The van der Waals surface area contributed by atoms with Gasteiger partial charge in [-0.2, -0.15) is 0 Å². The summed E-state index contributed by atoms with van der Waals surface area (Å²) in [6.45, 7) is 0. The fourth-order valence-electron chi connectivity index (χ4n) is 7.77. The highest BCUT2D eigenvalue weighted by molar-refractivity contribution is 6.14. The van der Waals surface area contributed by atoms with Gasteiger partial charge in [-0.3, -0.25) is 4.98 Å². The highest BCUT2D eigenvalue weighted by Gasteiger charge is 2.15. The third-order valence-corrected chi connectivity index (χ3v) is 10.5. The number of hydrogen-bond acceptors (Lipinski definition) is 2. The summed E-state index contributed by atoms with van der Waals surface area (Å²) in [7, 11) is 0. The minimum Gasteiger partial charge on any atom is -0.265 e. The Hall–Kier alpha value is -7.16. The van der Waals surface area contributed by atoms with E-state index in [0.29, 0.717) is 0 Å². The van der Waals surface area contributed by atoms with Crippen molar-refractivity contribution in [3.63, 3.8) is 0 Å². The standard InChI is InChI=1S/C52H34N2/c1-3-11-36(12-4-1)51-33-45(34-52(54-51)37-13-5-2-6-14-37)44-29-43(41-22-21-39-27-38(19-20-40(39)28-41)35-23-25-53-26-24-35)30-46(31-44)50-32-42-15-7-8-16-47(42)48-17-9-10-18-49(48)50/h1-34H. The lowest BCUT2D eigenvalue weighted by Crippen LogP contribution is -1.93. The molecule has 10 rings (SSSR count). The summed E-state index contributed by atoms with van der Waals surface area (Å²) in [5.41, 5.74) is 13.4. The zero-order valence-electron chi connectivity index (χ0n) is 29.5. The number of fused-ring (bicyclic) bond motifs is 4. The molecule has 2 heterocycles. The molecule has 0 aliphatic heterocycles. The molecular formula is C52H34N2. The van der Waals surface area contributed by atoms with Gasteiger partial charge >= 0.3 is 0 Å². The number of nitrogens with zero attached hydrogens (tertiary/aromatic N) is 2. The molecule has 2 aromatic heterocycles. The summed E-state index contributed by atoms with van der Waals surface area (Å²) in [5.74, 6) is 0. The molecule has 0 radical (unpaired) electrons. The van der Waals surface area contributed by atoms with Crippen LogP contribution in [0.1, 0.15) is 0 Å². The Morgan fingerprint density at radius 1 is 0.259 bits per heavy atom. The van der Waals surface area contributed by atoms with E-state index in [-0.39, 0.29) is 0 Å². The average Bonchev–Trinajstić information content (AvgIpc) is 3.26. The van der Waals surface area contributed by atoms with Crippen LogP contribution in [0, 0.1) is 0 Å². The van der Waals surface area contributed by atoms with Crippen LogP contribution in [0.25, 0.3) is 99.3 Å². The molecule has 54 heavy (non-hydrogen) atoms. The fourth-order valence-corrected chi connectivity index (χ4v) is 7.77. The molecule has 2 nitrogen and oxygen atoms in total. The minimum atomic E-state index is 0.950. The molecule has 252 valence electrons. The first kappa shape index (κ1) is 31.6. The van der Waals surface area contributed by atoms with Crippen molar-refractivity contribution in [2.75, 3.05) is 0 Å². The van der Waals surface area contributed by atoms with E-state index in [1.807, 2.05) is 12.4 Å². The van der Waals surface area contributed by atoms with Gasteiger partial charge < -0.3 is 0 Å². The first-order valence-corrected chi connectivity index (χ1v) is 18.4. The van der Waals surface area contributed by atoms with Gasteiger partial charge in [0.2, 0.25) is 0 Å². The monoisotopic (exact) mass is 686 g/mol. The number of pyridine rings is 2. The van der Waals surface area contributed by atoms with E-state index in [1.54, 1.807) is 0 Å². The van der Waals surface area contributed by atoms with Crippen LogP contribution in [-0.2, 0) is 0 Å². The van der Waals surface area contributed by atoms with Crippen molar-refractivity contribution in [3.05, 3.63) is 207 Å². The normalized spacial score (nSPS) is 11.3. The van der Waals surface area contributed by atoms with Gasteiger partial charge in [0.05, 0.1) is 11.4 Å². The van der Waals surface area contributed by atoms with E-state index in [2.05, 4.69) is 199 Å². The van der Waals surface area contributed by atoms with E-state index < -0.39 is 0 Å². The highest BCUT2D eigenvalue weighted by atomic mass is 14.7. The van der Waals surface area contributed by atoms with Crippen LogP contribution in [0.15, 0.2) is 207 Å². The minimum absolute atomic E-state index is 0.950. The van der Waals surface area contributed by atoms with E-state index in [1.165, 1.54) is 60.1 Å². The summed E-state index contributed by atoms with van der Waals surface area (Å²) in [5, 5.41) is 7.41. The lowest BCUT2D eigenvalue weighted by Gasteiger charge is -2.16. The molecule has 0 saturated heterocycles. The second kappa shape index (κ2) is 13.4. The van der Waals surface area contributed by atoms with Crippen LogP contribution >= 0.6 is 0 Å². The number of aromatic nitrogens is 2. The van der Waals surface area contributed by atoms with Crippen LogP contribution in [0.5, 0.6) is 0 Å². The Labute approximate surface area is 314 Å². The molecule has 0 spiro atoms. The maximum atomic E-state index is 5.20. The second-order valence-electron chi connectivity index (χ2n) is 13.9. The average molecular weight is 687 g/mol. The van der Waals surface area contributed by atoms with Gasteiger partial charge in [0.1, 0.15) is 0 Å². The van der Waals surface area contributed by atoms with Gasteiger partial charge in [-0.1, -0.05) is 133 Å². The van der Waals surface area contributed by atoms with Crippen molar-refractivity contribution in [3.8, 4) is 67.0 Å². The Balaban J connectivity index is 1.20. The van der Waals surface area contributed by atoms with Crippen molar-refractivity contribution < 1.29 is 0 Å². The predicted molar refractivity (Wildman–Crippen MR) is 227 cm³/mol. The lowest BCUT2D eigenvalue weighted by molar-refractivity contribution is 1.32. The molecule has 0 fully saturated rings. The van der Waals surface area contributed by atoms with Crippen molar-refractivity contribution in [1.29, 1.82) is 0 Å².